The lowest BCUT2D eigenvalue weighted by Gasteiger charge is -2.15. The molecule has 0 aliphatic carbocycles. The molecule has 1 aliphatic rings. The monoisotopic (exact) mass is 251 g/mol. The Hall–Kier alpha value is -1.16. The quantitative estimate of drug-likeness (QED) is 0.835. The van der Waals surface area contributed by atoms with Gasteiger partial charge in [-0.25, -0.2) is 4.79 Å². The van der Waals surface area contributed by atoms with Gasteiger partial charge in [-0.2, -0.15) is 11.8 Å². The summed E-state index contributed by atoms with van der Waals surface area (Å²) in [5.74, 6) is 2.05. The summed E-state index contributed by atoms with van der Waals surface area (Å²) in [7, 11) is 0. The van der Waals surface area contributed by atoms with Crippen molar-refractivity contribution < 1.29 is 9.53 Å². The van der Waals surface area contributed by atoms with Gasteiger partial charge in [-0.05, 0) is 31.2 Å². The molecule has 0 bridgehead atoms. The summed E-state index contributed by atoms with van der Waals surface area (Å²) in [5.41, 5.74) is 1.52. The van der Waals surface area contributed by atoms with Crippen molar-refractivity contribution in [3.8, 4) is 0 Å². The number of nitrogens with one attached hydrogen (secondary N) is 1. The minimum Gasteiger partial charge on any atom is -0.462 e. The maximum atomic E-state index is 11.8. The van der Waals surface area contributed by atoms with E-state index in [0.29, 0.717) is 18.2 Å². The molecule has 1 aliphatic heterocycles. The van der Waals surface area contributed by atoms with E-state index in [1.165, 1.54) is 5.75 Å². The summed E-state index contributed by atoms with van der Waals surface area (Å²) >= 11 is 1.95. The topological polar surface area (TPSA) is 38.3 Å². The molecule has 1 saturated heterocycles. The Morgan fingerprint density at radius 1 is 1.53 bits per heavy atom. The van der Waals surface area contributed by atoms with Crippen molar-refractivity contribution in [3.05, 3.63) is 29.8 Å². The summed E-state index contributed by atoms with van der Waals surface area (Å²) in [6, 6.07) is 8.02. The van der Waals surface area contributed by atoms with Crippen LogP contribution in [0.15, 0.2) is 24.3 Å². The zero-order valence-corrected chi connectivity index (χ0v) is 10.8. The zero-order chi connectivity index (χ0) is 12.1. The van der Waals surface area contributed by atoms with Gasteiger partial charge in [0.05, 0.1) is 12.2 Å². The number of para-hydroxylation sites is 1. The van der Waals surface area contributed by atoms with E-state index in [9.17, 15) is 4.79 Å². The van der Waals surface area contributed by atoms with Crippen molar-refractivity contribution in [1.29, 1.82) is 0 Å². The average molecular weight is 251 g/mol. The molecule has 92 valence electrons. The van der Waals surface area contributed by atoms with E-state index in [1.54, 1.807) is 0 Å². The predicted molar refractivity (Wildman–Crippen MR) is 71.8 cm³/mol. The van der Waals surface area contributed by atoms with Crippen LogP contribution in [0.5, 0.6) is 0 Å². The van der Waals surface area contributed by atoms with E-state index in [-0.39, 0.29) is 5.97 Å². The van der Waals surface area contributed by atoms with Crippen LogP contribution in [0.3, 0.4) is 0 Å². The summed E-state index contributed by atoms with van der Waals surface area (Å²) in [4.78, 5) is 11.8. The third kappa shape index (κ3) is 3.16. The molecule has 1 aromatic rings. The molecule has 17 heavy (non-hydrogen) atoms. The highest BCUT2D eigenvalue weighted by Crippen LogP contribution is 2.23. The van der Waals surface area contributed by atoms with Gasteiger partial charge < -0.3 is 10.1 Å². The van der Waals surface area contributed by atoms with Gasteiger partial charge in [-0.1, -0.05) is 12.1 Å². The van der Waals surface area contributed by atoms with Crippen molar-refractivity contribution in [1.82, 2.24) is 0 Å². The number of ether oxygens (including phenoxy) is 1. The lowest BCUT2D eigenvalue weighted by Crippen LogP contribution is -2.20. The smallest absolute Gasteiger partial charge is 0.340 e. The molecule has 2 rings (SSSR count). The Morgan fingerprint density at radius 2 is 2.35 bits per heavy atom. The molecule has 3 nitrogen and oxygen atoms in total. The van der Waals surface area contributed by atoms with E-state index in [1.807, 2.05) is 43.0 Å². The maximum absolute atomic E-state index is 11.8. The van der Waals surface area contributed by atoms with E-state index >= 15 is 0 Å². The Balaban J connectivity index is 2.12. The van der Waals surface area contributed by atoms with E-state index in [0.717, 1.165) is 17.9 Å². The van der Waals surface area contributed by atoms with Crippen LogP contribution in [0.1, 0.15) is 23.7 Å². The Labute approximate surface area is 106 Å². The molecular weight excluding hydrogens is 234 g/mol. The number of esters is 1. The lowest BCUT2D eigenvalue weighted by molar-refractivity contribution is 0.0527. The summed E-state index contributed by atoms with van der Waals surface area (Å²) in [6.07, 6.45) is 1.15. The highest BCUT2D eigenvalue weighted by atomic mass is 32.2. The molecule has 0 saturated carbocycles. The summed E-state index contributed by atoms with van der Waals surface area (Å²) < 4.78 is 5.05. The average Bonchev–Trinajstić information content (AvgIpc) is 2.83. The SMILES string of the molecule is CCOC(=O)c1ccccc1NC1CCSC1. The third-order valence-electron chi connectivity index (χ3n) is 2.71. The third-order valence-corrected chi connectivity index (χ3v) is 3.87. The fourth-order valence-corrected chi connectivity index (χ4v) is 3.02. The number of rotatable bonds is 4. The molecular formula is C13H17NO2S. The lowest BCUT2D eigenvalue weighted by atomic mass is 10.1. The van der Waals surface area contributed by atoms with Crippen LogP contribution in [0.25, 0.3) is 0 Å². The highest BCUT2D eigenvalue weighted by Gasteiger charge is 2.18. The van der Waals surface area contributed by atoms with E-state index in [4.69, 9.17) is 4.74 Å². The minimum atomic E-state index is -0.249. The standard InChI is InChI=1S/C13H17NO2S/c1-2-16-13(15)11-5-3-4-6-12(11)14-10-7-8-17-9-10/h3-6,10,14H,2,7-9H2,1H3. The number of carbonyl (C=O) groups is 1. The Kier molecular flexibility index (Phi) is 4.31. The molecule has 0 radical (unpaired) electrons. The number of hydrogen-bond acceptors (Lipinski definition) is 4. The molecule has 0 spiro atoms. The van der Waals surface area contributed by atoms with Crippen molar-refractivity contribution in [2.24, 2.45) is 0 Å². The first-order valence-electron chi connectivity index (χ1n) is 5.91. The van der Waals surface area contributed by atoms with Crippen molar-refractivity contribution in [3.63, 3.8) is 0 Å². The van der Waals surface area contributed by atoms with Gasteiger partial charge in [0.15, 0.2) is 0 Å². The molecule has 0 amide bonds. The zero-order valence-electron chi connectivity index (χ0n) is 9.94. The second-order valence-corrected chi connectivity index (χ2v) is 5.12. The van der Waals surface area contributed by atoms with Gasteiger partial charge in [-0.15, -0.1) is 0 Å². The molecule has 4 heteroatoms. The number of hydrogen-bond donors (Lipinski definition) is 1. The minimum absolute atomic E-state index is 0.249. The first-order valence-corrected chi connectivity index (χ1v) is 7.07. The molecule has 1 aromatic carbocycles. The molecule has 0 aromatic heterocycles. The van der Waals surface area contributed by atoms with Crippen LogP contribution < -0.4 is 5.32 Å². The van der Waals surface area contributed by atoms with Crippen molar-refractivity contribution in [2.45, 2.75) is 19.4 Å². The van der Waals surface area contributed by atoms with Crippen molar-refractivity contribution >= 4 is 23.4 Å². The van der Waals surface area contributed by atoms with Crippen LogP contribution in [0.4, 0.5) is 5.69 Å². The van der Waals surface area contributed by atoms with Crippen LogP contribution in [-0.4, -0.2) is 30.1 Å². The van der Waals surface area contributed by atoms with Gasteiger partial charge in [0.2, 0.25) is 0 Å². The van der Waals surface area contributed by atoms with E-state index < -0.39 is 0 Å². The van der Waals surface area contributed by atoms with Gasteiger partial charge in [-0.3, -0.25) is 0 Å². The normalized spacial score (nSPS) is 19.0. The van der Waals surface area contributed by atoms with Crippen LogP contribution in [0, 0.1) is 0 Å². The largest absolute Gasteiger partial charge is 0.462 e. The fourth-order valence-electron chi connectivity index (χ4n) is 1.86. The van der Waals surface area contributed by atoms with Crippen LogP contribution in [0.2, 0.25) is 0 Å². The summed E-state index contributed by atoms with van der Waals surface area (Å²) in [6.45, 7) is 2.23. The number of carbonyl (C=O) groups excluding carboxylic acids is 1. The Bertz CT molecular complexity index is 389. The number of benzene rings is 1. The highest BCUT2D eigenvalue weighted by molar-refractivity contribution is 7.99. The first-order chi connectivity index (χ1) is 8.31. The first kappa shape index (κ1) is 12.3. The van der Waals surface area contributed by atoms with Gasteiger partial charge >= 0.3 is 5.97 Å². The van der Waals surface area contributed by atoms with Crippen LogP contribution >= 0.6 is 11.8 Å². The molecule has 1 N–H and O–H groups in total. The number of thioether (sulfide) groups is 1. The van der Waals surface area contributed by atoms with Crippen LogP contribution in [-0.2, 0) is 4.74 Å². The van der Waals surface area contributed by atoms with Gasteiger partial charge in [0, 0.05) is 17.5 Å². The Morgan fingerprint density at radius 3 is 3.06 bits per heavy atom. The maximum Gasteiger partial charge on any atom is 0.340 e. The second-order valence-electron chi connectivity index (χ2n) is 3.97. The van der Waals surface area contributed by atoms with E-state index in [2.05, 4.69) is 5.32 Å². The molecule has 1 unspecified atom stereocenters. The van der Waals surface area contributed by atoms with Crippen molar-refractivity contribution in [2.75, 3.05) is 23.4 Å². The second kappa shape index (κ2) is 5.96. The van der Waals surface area contributed by atoms with Gasteiger partial charge in [0.1, 0.15) is 0 Å². The fraction of sp³-hybridized carbons (Fsp3) is 0.462. The molecule has 1 atom stereocenters. The number of anilines is 1. The summed E-state index contributed by atoms with van der Waals surface area (Å²) in [5, 5.41) is 3.43. The predicted octanol–water partition coefficient (Wildman–Crippen LogP) is 2.78. The molecule has 1 heterocycles. The molecule has 1 fully saturated rings. The van der Waals surface area contributed by atoms with Gasteiger partial charge in [0.25, 0.3) is 0 Å².